The number of nitrogens with one attached hydrogen (secondary N) is 1. The number of nitrogens with zero attached hydrogens (tertiary/aromatic N) is 1. The molecule has 1 atom stereocenters. The van der Waals surface area contributed by atoms with E-state index in [1.54, 1.807) is 25.1 Å². The molecule has 6 heteroatoms. The molecule has 0 unspecified atom stereocenters. The van der Waals surface area contributed by atoms with Crippen LogP contribution in [0.25, 0.3) is 0 Å². The summed E-state index contributed by atoms with van der Waals surface area (Å²) in [7, 11) is -3.45. The molecule has 1 N–H and O–H groups in total. The van der Waals surface area contributed by atoms with Gasteiger partial charge in [-0.3, -0.25) is 9.69 Å². The van der Waals surface area contributed by atoms with Crippen molar-refractivity contribution in [3.63, 3.8) is 0 Å². The number of sulfone groups is 1. The zero-order chi connectivity index (χ0) is 19.3. The van der Waals surface area contributed by atoms with Crippen molar-refractivity contribution in [3.8, 4) is 0 Å². The Balaban J connectivity index is 1.79. The lowest BCUT2D eigenvalue weighted by atomic mass is 10.1. The topological polar surface area (TPSA) is 66.5 Å². The molecule has 144 valence electrons. The molecule has 1 heterocycles. The average molecular weight is 387 g/mol. The van der Waals surface area contributed by atoms with Gasteiger partial charge in [0.15, 0.2) is 9.84 Å². The molecule has 2 aromatic carbocycles. The lowest BCUT2D eigenvalue weighted by Gasteiger charge is -2.28. The molecular formula is C21H26N2O3S. The number of carbonyl (C=O) groups is 1. The maximum absolute atomic E-state index is 12.8. The molecule has 2 aromatic rings. The molecule has 1 saturated heterocycles. The Labute approximate surface area is 161 Å². The van der Waals surface area contributed by atoms with Crippen LogP contribution in [0.3, 0.4) is 0 Å². The molecule has 3 rings (SSSR count). The van der Waals surface area contributed by atoms with Crippen LogP contribution < -0.4 is 5.32 Å². The minimum atomic E-state index is -3.45. The highest BCUT2D eigenvalue weighted by Crippen LogP contribution is 2.25. The first-order chi connectivity index (χ1) is 13.0. The SMILES string of the molecule is CCS(=O)(=O)c1ccccc1C(=O)NC[C@@H](c1ccccc1)N1CCCC1. The lowest BCUT2D eigenvalue weighted by molar-refractivity contribution is 0.0934. The van der Waals surface area contributed by atoms with Crippen molar-refractivity contribution in [2.24, 2.45) is 0 Å². The second kappa shape index (κ2) is 8.67. The molecule has 0 radical (unpaired) electrons. The van der Waals surface area contributed by atoms with Crippen molar-refractivity contribution in [2.75, 3.05) is 25.4 Å². The summed E-state index contributed by atoms with van der Waals surface area (Å²) >= 11 is 0. The highest BCUT2D eigenvalue weighted by Gasteiger charge is 2.25. The third kappa shape index (κ3) is 4.57. The number of hydrogen-bond acceptors (Lipinski definition) is 4. The molecule has 0 aromatic heterocycles. The van der Waals surface area contributed by atoms with Gasteiger partial charge in [0.2, 0.25) is 0 Å². The molecule has 1 aliphatic rings. The molecular weight excluding hydrogens is 360 g/mol. The van der Waals surface area contributed by atoms with E-state index < -0.39 is 9.84 Å². The van der Waals surface area contributed by atoms with E-state index in [9.17, 15) is 13.2 Å². The fourth-order valence-electron chi connectivity index (χ4n) is 3.55. The molecule has 1 amide bonds. The van der Waals surface area contributed by atoms with E-state index in [2.05, 4.69) is 22.3 Å². The number of benzene rings is 2. The van der Waals surface area contributed by atoms with Crippen LogP contribution in [0.5, 0.6) is 0 Å². The normalized spacial score (nSPS) is 16.2. The third-order valence-corrected chi connectivity index (χ3v) is 6.85. The summed E-state index contributed by atoms with van der Waals surface area (Å²) in [5.41, 5.74) is 1.38. The second-order valence-electron chi connectivity index (χ2n) is 6.78. The summed E-state index contributed by atoms with van der Waals surface area (Å²) in [6.45, 7) is 4.05. The van der Waals surface area contributed by atoms with E-state index in [-0.39, 0.29) is 28.2 Å². The van der Waals surface area contributed by atoms with E-state index >= 15 is 0 Å². The lowest BCUT2D eigenvalue weighted by Crippen LogP contribution is -2.37. The highest BCUT2D eigenvalue weighted by atomic mass is 32.2. The van der Waals surface area contributed by atoms with Crippen LogP contribution >= 0.6 is 0 Å². The van der Waals surface area contributed by atoms with Gasteiger partial charge in [-0.15, -0.1) is 0 Å². The fraction of sp³-hybridized carbons (Fsp3) is 0.381. The first-order valence-corrected chi connectivity index (χ1v) is 11.1. The van der Waals surface area contributed by atoms with E-state index in [0.29, 0.717) is 6.54 Å². The van der Waals surface area contributed by atoms with Gasteiger partial charge < -0.3 is 5.32 Å². The Kier molecular flexibility index (Phi) is 6.29. The minimum Gasteiger partial charge on any atom is -0.350 e. The Morgan fingerprint density at radius 3 is 2.33 bits per heavy atom. The van der Waals surface area contributed by atoms with Gasteiger partial charge in [-0.25, -0.2) is 8.42 Å². The zero-order valence-corrected chi connectivity index (χ0v) is 16.4. The summed E-state index contributed by atoms with van der Waals surface area (Å²) in [4.78, 5) is 15.3. The van der Waals surface area contributed by atoms with Crippen LogP contribution in [-0.2, 0) is 9.84 Å². The van der Waals surface area contributed by atoms with Crippen molar-refractivity contribution in [1.29, 1.82) is 0 Å². The Bertz CT molecular complexity index is 875. The van der Waals surface area contributed by atoms with Crippen LogP contribution in [0.15, 0.2) is 59.5 Å². The van der Waals surface area contributed by atoms with Gasteiger partial charge in [-0.05, 0) is 43.6 Å². The number of hydrogen-bond donors (Lipinski definition) is 1. The highest BCUT2D eigenvalue weighted by molar-refractivity contribution is 7.91. The van der Waals surface area contributed by atoms with Gasteiger partial charge in [-0.2, -0.15) is 0 Å². The number of likely N-dealkylation sites (tertiary alicyclic amines) is 1. The Morgan fingerprint density at radius 2 is 1.67 bits per heavy atom. The summed E-state index contributed by atoms with van der Waals surface area (Å²) in [5, 5.41) is 2.97. The summed E-state index contributed by atoms with van der Waals surface area (Å²) in [6, 6.07) is 16.6. The molecule has 1 fully saturated rings. The maximum Gasteiger partial charge on any atom is 0.252 e. The molecule has 27 heavy (non-hydrogen) atoms. The fourth-order valence-corrected chi connectivity index (χ4v) is 4.64. The van der Waals surface area contributed by atoms with E-state index in [1.807, 2.05) is 18.2 Å². The van der Waals surface area contributed by atoms with Gasteiger partial charge in [0.25, 0.3) is 5.91 Å². The predicted octanol–water partition coefficient (Wildman–Crippen LogP) is 3.05. The second-order valence-corrected chi connectivity index (χ2v) is 9.03. The van der Waals surface area contributed by atoms with Gasteiger partial charge in [-0.1, -0.05) is 49.4 Å². The van der Waals surface area contributed by atoms with Crippen LogP contribution in [0.2, 0.25) is 0 Å². The van der Waals surface area contributed by atoms with Crippen molar-refractivity contribution < 1.29 is 13.2 Å². The van der Waals surface area contributed by atoms with Crippen LogP contribution in [0.1, 0.15) is 41.7 Å². The van der Waals surface area contributed by atoms with Gasteiger partial charge in [0.1, 0.15) is 0 Å². The van der Waals surface area contributed by atoms with E-state index in [1.165, 1.54) is 6.07 Å². The summed E-state index contributed by atoms with van der Waals surface area (Å²) < 4.78 is 24.6. The number of rotatable bonds is 7. The standard InChI is InChI=1S/C21H26N2O3S/c1-2-27(25,26)20-13-7-6-12-18(20)21(24)22-16-19(23-14-8-9-15-23)17-10-4-3-5-11-17/h3-7,10-13,19H,2,8-9,14-16H2,1H3,(H,22,24)/t19-/m0/s1. The molecule has 5 nitrogen and oxygen atoms in total. The minimum absolute atomic E-state index is 0.0300. The van der Waals surface area contributed by atoms with Gasteiger partial charge in [0, 0.05) is 6.54 Å². The van der Waals surface area contributed by atoms with Crippen LogP contribution in [0.4, 0.5) is 0 Å². The van der Waals surface area contributed by atoms with Crippen molar-refractivity contribution in [1.82, 2.24) is 10.2 Å². The molecule has 0 bridgehead atoms. The molecule has 0 aliphatic carbocycles. The predicted molar refractivity (Wildman–Crippen MR) is 106 cm³/mol. The molecule has 0 saturated carbocycles. The zero-order valence-electron chi connectivity index (χ0n) is 15.6. The number of carbonyl (C=O) groups excluding carboxylic acids is 1. The third-order valence-electron chi connectivity index (χ3n) is 5.07. The molecule has 1 aliphatic heterocycles. The quantitative estimate of drug-likeness (QED) is 0.794. The van der Waals surface area contributed by atoms with Gasteiger partial charge >= 0.3 is 0 Å². The maximum atomic E-state index is 12.8. The Hall–Kier alpha value is -2.18. The van der Waals surface area contributed by atoms with Gasteiger partial charge in [0.05, 0.1) is 22.3 Å². The van der Waals surface area contributed by atoms with Crippen molar-refractivity contribution in [3.05, 3.63) is 65.7 Å². The van der Waals surface area contributed by atoms with Crippen molar-refractivity contribution in [2.45, 2.75) is 30.7 Å². The van der Waals surface area contributed by atoms with Crippen molar-refractivity contribution >= 4 is 15.7 Å². The Morgan fingerprint density at radius 1 is 1.04 bits per heavy atom. The average Bonchev–Trinajstić information content (AvgIpc) is 3.23. The summed E-state index contributed by atoms with van der Waals surface area (Å²) in [6.07, 6.45) is 2.32. The van der Waals surface area contributed by atoms with Crippen LogP contribution in [-0.4, -0.2) is 44.6 Å². The summed E-state index contributed by atoms with van der Waals surface area (Å²) in [5.74, 6) is -0.375. The monoisotopic (exact) mass is 386 g/mol. The molecule has 0 spiro atoms. The first-order valence-electron chi connectivity index (χ1n) is 9.42. The van der Waals surface area contributed by atoms with E-state index in [4.69, 9.17) is 0 Å². The number of amides is 1. The smallest absolute Gasteiger partial charge is 0.252 e. The van der Waals surface area contributed by atoms with Crippen LogP contribution in [0, 0.1) is 0 Å². The first kappa shape index (κ1) is 19.6. The largest absolute Gasteiger partial charge is 0.350 e. The van der Waals surface area contributed by atoms with E-state index in [0.717, 1.165) is 31.5 Å².